The van der Waals surface area contributed by atoms with Gasteiger partial charge in [-0.05, 0) is 13.3 Å². The standard InChI is InChI=1S/C8H14ClNO2S/c1-2-3-4-7-10-13(11,12)8-5-6-9/h10H,4-8H2,1H3. The van der Waals surface area contributed by atoms with Crippen molar-refractivity contribution in [2.45, 2.75) is 19.8 Å². The maximum atomic E-state index is 11.1. The average molecular weight is 224 g/mol. The van der Waals surface area contributed by atoms with Crippen LogP contribution in [0.1, 0.15) is 19.8 Å². The van der Waals surface area contributed by atoms with Gasteiger partial charge in [0.2, 0.25) is 10.0 Å². The highest BCUT2D eigenvalue weighted by Crippen LogP contribution is 1.91. The number of halogens is 1. The average Bonchev–Trinajstić information content (AvgIpc) is 2.09. The summed E-state index contributed by atoms with van der Waals surface area (Å²) in [6, 6.07) is 0. The zero-order valence-electron chi connectivity index (χ0n) is 7.64. The molecule has 3 nitrogen and oxygen atoms in total. The van der Waals surface area contributed by atoms with Crippen LogP contribution in [0.25, 0.3) is 0 Å². The minimum absolute atomic E-state index is 0.0933. The van der Waals surface area contributed by atoms with Crippen LogP contribution in [0.5, 0.6) is 0 Å². The Hall–Kier alpha value is -0.240. The van der Waals surface area contributed by atoms with Crippen molar-refractivity contribution in [2.75, 3.05) is 18.2 Å². The van der Waals surface area contributed by atoms with Crippen LogP contribution in [0.4, 0.5) is 0 Å². The first-order chi connectivity index (χ1) is 6.12. The summed E-state index contributed by atoms with van der Waals surface area (Å²) in [5, 5.41) is 0. The molecular formula is C8H14ClNO2S. The first-order valence-corrected chi connectivity index (χ1v) is 6.24. The van der Waals surface area contributed by atoms with Gasteiger partial charge in [-0.15, -0.1) is 23.4 Å². The molecule has 0 rings (SSSR count). The lowest BCUT2D eigenvalue weighted by molar-refractivity contribution is 0.581. The number of hydrogen-bond donors (Lipinski definition) is 1. The smallest absolute Gasteiger partial charge is 0.211 e. The van der Waals surface area contributed by atoms with Crippen molar-refractivity contribution in [3.63, 3.8) is 0 Å². The lowest BCUT2D eigenvalue weighted by Crippen LogP contribution is -2.27. The van der Waals surface area contributed by atoms with Gasteiger partial charge in [0.05, 0.1) is 5.75 Å². The summed E-state index contributed by atoms with van der Waals surface area (Å²) in [5.41, 5.74) is 0. The number of rotatable bonds is 6. The van der Waals surface area contributed by atoms with Crippen molar-refractivity contribution < 1.29 is 8.42 Å². The summed E-state index contributed by atoms with van der Waals surface area (Å²) in [4.78, 5) is 0. The Morgan fingerprint density at radius 1 is 1.46 bits per heavy atom. The molecule has 0 heterocycles. The quantitative estimate of drug-likeness (QED) is 0.414. The van der Waals surface area contributed by atoms with Crippen molar-refractivity contribution in [3.05, 3.63) is 0 Å². The van der Waals surface area contributed by atoms with Crippen LogP contribution < -0.4 is 4.72 Å². The maximum Gasteiger partial charge on any atom is 0.211 e. The Morgan fingerprint density at radius 2 is 2.15 bits per heavy atom. The Morgan fingerprint density at radius 3 is 2.69 bits per heavy atom. The zero-order chi connectivity index (χ0) is 10.2. The van der Waals surface area contributed by atoms with E-state index in [0.717, 1.165) is 0 Å². The fourth-order valence-corrected chi connectivity index (χ4v) is 2.08. The molecule has 0 atom stereocenters. The molecule has 0 aliphatic carbocycles. The van der Waals surface area contributed by atoms with E-state index in [1.54, 1.807) is 6.92 Å². The molecule has 0 saturated heterocycles. The van der Waals surface area contributed by atoms with E-state index in [1.807, 2.05) is 0 Å². The summed E-state index contributed by atoms with van der Waals surface area (Å²) >= 11 is 5.38. The molecule has 76 valence electrons. The summed E-state index contributed by atoms with van der Waals surface area (Å²) in [6.45, 7) is 2.10. The largest absolute Gasteiger partial charge is 0.214 e. The third kappa shape index (κ3) is 8.10. The van der Waals surface area contributed by atoms with Gasteiger partial charge in [-0.2, -0.15) is 0 Å². The third-order valence-electron chi connectivity index (χ3n) is 1.30. The van der Waals surface area contributed by atoms with Crippen molar-refractivity contribution in [1.82, 2.24) is 4.72 Å². The fraction of sp³-hybridized carbons (Fsp3) is 0.750. The normalized spacial score (nSPS) is 10.6. The topological polar surface area (TPSA) is 46.2 Å². The molecule has 0 amide bonds. The molecule has 0 bridgehead atoms. The molecule has 0 spiro atoms. The number of hydrogen-bond acceptors (Lipinski definition) is 2. The van der Waals surface area contributed by atoms with Crippen LogP contribution >= 0.6 is 11.6 Å². The molecule has 0 saturated carbocycles. The van der Waals surface area contributed by atoms with E-state index in [1.165, 1.54) is 0 Å². The lowest BCUT2D eigenvalue weighted by atomic mass is 10.4. The van der Waals surface area contributed by atoms with Gasteiger partial charge < -0.3 is 0 Å². The monoisotopic (exact) mass is 223 g/mol. The minimum atomic E-state index is -3.13. The van der Waals surface area contributed by atoms with Gasteiger partial charge in [-0.1, -0.05) is 0 Å². The summed E-state index contributed by atoms with van der Waals surface area (Å²) in [6.07, 6.45) is 1.03. The van der Waals surface area contributed by atoms with Crippen LogP contribution in [-0.2, 0) is 10.0 Å². The van der Waals surface area contributed by atoms with Crippen molar-refractivity contribution in [1.29, 1.82) is 0 Å². The lowest BCUT2D eigenvalue weighted by Gasteiger charge is -2.02. The van der Waals surface area contributed by atoms with Gasteiger partial charge in [0, 0.05) is 18.8 Å². The Labute approximate surface area is 84.9 Å². The van der Waals surface area contributed by atoms with Gasteiger partial charge in [0.15, 0.2) is 0 Å². The molecule has 0 fully saturated rings. The zero-order valence-corrected chi connectivity index (χ0v) is 9.21. The van der Waals surface area contributed by atoms with Gasteiger partial charge >= 0.3 is 0 Å². The first-order valence-electron chi connectivity index (χ1n) is 4.05. The van der Waals surface area contributed by atoms with Crippen LogP contribution in [0.15, 0.2) is 0 Å². The minimum Gasteiger partial charge on any atom is -0.214 e. The highest BCUT2D eigenvalue weighted by Gasteiger charge is 2.07. The van der Waals surface area contributed by atoms with Gasteiger partial charge in [0.1, 0.15) is 0 Å². The maximum absolute atomic E-state index is 11.1. The van der Waals surface area contributed by atoms with Gasteiger partial charge in [-0.25, -0.2) is 13.1 Å². The molecular weight excluding hydrogens is 210 g/mol. The summed E-state index contributed by atoms with van der Waals surface area (Å²) in [5.74, 6) is 5.93. The fourth-order valence-electron chi connectivity index (χ4n) is 0.711. The van der Waals surface area contributed by atoms with Gasteiger partial charge in [-0.3, -0.25) is 0 Å². The highest BCUT2D eigenvalue weighted by molar-refractivity contribution is 7.89. The third-order valence-corrected chi connectivity index (χ3v) is 3.03. The van der Waals surface area contributed by atoms with Crippen molar-refractivity contribution >= 4 is 21.6 Å². The van der Waals surface area contributed by atoms with Crippen LogP contribution in [0.3, 0.4) is 0 Å². The van der Waals surface area contributed by atoms with E-state index >= 15 is 0 Å². The summed E-state index contributed by atoms with van der Waals surface area (Å²) in [7, 11) is -3.13. The Kier molecular flexibility index (Phi) is 7.06. The number of sulfonamides is 1. The van der Waals surface area contributed by atoms with E-state index < -0.39 is 10.0 Å². The number of alkyl halides is 1. The molecule has 0 unspecified atom stereocenters. The van der Waals surface area contributed by atoms with E-state index in [4.69, 9.17) is 11.6 Å². The molecule has 0 radical (unpaired) electrons. The van der Waals surface area contributed by atoms with Gasteiger partial charge in [0.25, 0.3) is 0 Å². The number of nitrogens with one attached hydrogen (secondary N) is 1. The van der Waals surface area contributed by atoms with Crippen molar-refractivity contribution in [2.24, 2.45) is 0 Å². The molecule has 1 N–H and O–H groups in total. The Bertz CT molecular complexity index is 276. The van der Waals surface area contributed by atoms with Crippen molar-refractivity contribution in [3.8, 4) is 11.8 Å². The predicted octanol–water partition coefficient (Wildman–Crippen LogP) is 0.948. The Balaban J connectivity index is 3.68. The second-order valence-corrected chi connectivity index (χ2v) is 4.74. The van der Waals surface area contributed by atoms with E-state index in [9.17, 15) is 8.42 Å². The molecule has 13 heavy (non-hydrogen) atoms. The molecule has 0 aromatic carbocycles. The van der Waals surface area contributed by atoms with E-state index in [-0.39, 0.29) is 5.75 Å². The molecule has 0 aliphatic heterocycles. The molecule has 0 aromatic heterocycles. The SMILES string of the molecule is CC#CCCNS(=O)(=O)CCCCl. The second-order valence-electron chi connectivity index (χ2n) is 2.43. The molecule has 0 aromatic rings. The molecule has 5 heteroatoms. The molecule has 0 aliphatic rings. The van der Waals surface area contributed by atoms with E-state index in [2.05, 4.69) is 16.6 Å². The summed E-state index contributed by atoms with van der Waals surface area (Å²) < 4.78 is 24.7. The van der Waals surface area contributed by atoms with Crippen LogP contribution in [-0.4, -0.2) is 26.6 Å². The van der Waals surface area contributed by atoms with Crippen LogP contribution in [0.2, 0.25) is 0 Å². The predicted molar refractivity (Wildman–Crippen MR) is 55.2 cm³/mol. The first kappa shape index (κ1) is 12.8. The van der Waals surface area contributed by atoms with Crippen LogP contribution in [0, 0.1) is 11.8 Å². The second kappa shape index (κ2) is 7.19. The highest BCUT2D eigenvalue weighted by atomic mass is 35.5. The van der Waals surface area contributed by atoms with E-state index in [0.29, 0.717) is 25.3 Å².